The van der Waals surface area contributed by atoms with Gasteiger partial charge in [0.1, 0.15) is 0 Å². The van der Waals surface area contributed by atoms with Gasteiger partial charge in [-0.05, 0) is 39.8 Å². The zero-order valence-electron chi connectivity index (χ0n) is 11.7. The van der Waals surface area contributed by atoms with Crippen LogP contribution >= 0.6 is 11.3 Å². The van der Waals surface area contributed by atoms with E-state index in [1.807, 2.05) is 52.0 Å². The van der Waals surface area contributed by atoms with E-state index in [9.17, 15) is 4.79 Å². The first-order valence-electron chi connectivity index (χ1n) is 6.29. The Kier molecular flexibility index (Phi) is 4.00. The lowest BCUT2D eigenvalue weighted by Crippen LogP contribution is -2.26. The van der Waals surface area contributed by atoms with Crippen LogP contribution in [0.15, 0.2) is 24.3 Å². The third-order valence-corrected chi connectivity index (χ3v) is 4.22. The van der Waals surface area contributed by atoms with E-state index in [0.29, 0.717) is 5.56 Å². The van der Waals surface area contributed by atoms with Crippen LogP contribution in [-0.2, 0) is 0 Å². The number of benzene rings is 1. The van der Waals surface area contributed by atoms with Crippen LogP contribution in [-0.4, -0.2) is 10.9 Å². The Morgan fingerprint density at radius 3 is 2.63 bits per heavy atom. The largest absolute Gasteiger partial charge is 0.345 e. The first-order chi connectivity index (χ1) is 8.97. The van der Waals surface area contributed by atoms with Gasteiger partial charge in [0.15, 0.2) is 0 Å². The normalized spacial score (nSPS) is 12.2. The van der Waals surface area contributed by atoms with Crippen LogP contribution < -0.4 is 5.32 Å². The van der Waals surface area contributed by atoms with Crippen LogP contribution in [0.4, 0.5) is 0 Å². The summed E-state index contributed by atoms with van der Waals surface area (Å²) in [6.45, 7) is 7.94. The van der Waals surface area contributed by atoms with Crippen molar-refractivity contribution in [3.05, 3.63) is 51.0 Å². The Bertz CT molecular complexity index is 604. The van der Waals surface area contributed by atoms with Crippen LogP contribution in [0.1, 0.15) is 44.5 Å². The van der Waals surface area contributed by atoms with Gasteiger partial charge in [-0.2, -0.15) is 0 Å². The number of carbonyl (C=O) groups excluding carboxylic acids is 1. The maximum Gasteiger partial charge on any atom is 0.251 e. The predicted octanol–water partition coefficient (Wildman–Crippen LogP) is 3.56. The first kappa shape index (κ1) is 13.7. The molecule has 0 saturated carbocycles. The summed E-state index contributed by atoms with van der Waals surface area (Å²) in [5.41, 5.74) is 2.79. The zero-order chi connectivity index (χ0) is 14.0. The van der Waals surface area contributed by atoms with E-state index >= 15 is 0 Å². The van der Waals surface area contributed by atoms with Gasteiger partial charge in [-0.3, -0.25) is 4.79 Å². The fourth-order valence-electron chi connectivity index (χ4n) is 2.08. The monoisotopic (exact) mass is 274 g/mol. The number of thiazole rings is 1. The summed E-state index contributed by atoms with van der Waals surface area (Å²) in [5, 5.41) is 4.06. The number of nitrogens with zero attached hydrogens (tertiary/aromatic N) is 1. The van der Waals surface area contributed by atoms with Gasteiger partial charge in [0.25, 0.3) is 5.91 Å². The van der Waals surface area contributed by atoms with Crippen LogP contribution in [0.2, 0.25) is 0 Å². The number of aryl methyl sites for hydroxylation is 3. The second-order valence-corrected chi connectivity index (χ2v) is 5.98. The Balaban J connectivity index is 2.13. The lowest BCUT2D eigenvalue weighted by molar-refractivity contribution is 0.0940. The number of carbonyl (C=O) groups is 1. The van der Waals surface area contributed by atoms with Crippen molar-refractivity contribution in [1.29, 1.82) is 0 Å². The van der Waals surface area contributed by atoms with E-state index in [2.05, 4.69) is 10.3 Å². The fourth-order valence-corrected chi connectivity index (χ4v) is 3.01. The quantitative estimate of drug-likeness (QED) is 0.930. The van der Waals surface area contributed by atoms with E-state index < -0.39 is 0 Å². The van der Waals surface area contributed by atoms with Crippen LogP contribution in [0.25, 0.3) is 0 Å². The van der Waals surface area contributed by atoms with Crippen molar-refractivity contribution < 1.29 is 4.79 Å². The Morgan fingerprint density at radius 2 is 2.05 bits per heavy atom. The van der Waals surface area contributed by atoms with Gasteiger partial charge >= 0.3 is 0 Å². The second kappa shape index (κ2) is 5.53. The van der Waals surface area contributed by atoms with Crippen molar-refractivity contribution in [1.82, 2.24) is 10.3 Å². The molecule has 1 atom stereocenters. The molecule has 0 spiro atoms. The predicted molar refractivity (Wildman–Crippen MR) is 78.6 cm³/mol. The van der Waals surface area contributed by atoms with Crippen molar-refractivity contribution in [2.24, 2.45) is 0 Å². The van der Waals surface area contributed by atoms with Crippen LogP contribution in [0, 0.1) is 20.8 Å². The highest BCUT2D eigenvalue weighted by molar-refractivity contribution is 7.11. The van der Waals surface area contributed by atoms with Crippen LogP contribution in [0.3, 0.4) is 0 Å². The molecule has 100 valence electrons. The SMILES string of the molecule is Cc1cccc(C(=O)NC(C)c2sc(C)nc2C)c1. The van der Waals surface area contributed by atoms with Gasteiger partial charge in [-0.25, -0.2) is 4.98 Å². The summed E-state index contributed by atoms with van der Waals surface area (Å²) >= 11 is 1.64. The van der Waals surface area contributed by atoms with Crippen LogP contribution in [0.5, 0.6) is 0 Å². The Morgan fingerprint density at radius 1 is 1.32 bits per heavy atom. The highest BCUT2D eigenvalue weighted by atomic mass is 32.1. The lowest BCUT2D eigenvalue weighted by atomic mass is 10.1. The topological polar surface area (TPSA) is 42.0 Å². The van der Waals surface area contributed by atoms with Crippen molar-refractivity contribution in [3.63, 3.8) is 0 Å². The highest BCUT2D eigenvalue weighted by Gasteiger charge is 2.16. The summed E-state index contributed by atoms with van der Waals surface area (Å²) in [4.78, 5) is 17.7. The molecule has 1 aromatic heterocycles. The number of aromatic nitrogens is 1. The molecule has 0 aliphatic rings. The summed E-state index contributed by atoms with van der Waals surface area (Å²) in [6, 6.07) is 7.60. The third-order valence-electron chi connectivity index (χ3n) is 2.96. The molecule has 1 aromatic carbocycles. The van der Waals surface area contributed by atoms with Crippen molar-refractivity contribution in [2.75, 3.05) is 0 Å². The summed E-state index contributed by atoms with van der Waals surface area (Å²) in [7, 11) is 0. The standard InChI is InChI=1S/C15H18N2OS/c1-9-6-5-7-13(8-9)15(18)17-11(3)14-10(2)16-12(4)19-14/h5-8,11H,1-4H3,(H,17,18). The molecular formula is C15H18N2OS. The summed E-state index contributed by atoms with van der Waals surface area (Å²) in [5.74, 6) is -0.0401. The molecule has 0 aliphatic heterocycles. The molecule has 0 saturated heterocycles. The summed E-state index contributed by atoms with van der Waals surface area (Å²) in [6.07, 6.45) is 0. The van der Waals surface area contributed by atoms with E-state index in [1.165, 1.54) is 0 Å². The highest BCUT2D eigenvalue weighted by Crippen LogP contribution is 2.24. The van der Waals surface area contributed by atoms with Gasteiger partial charge < -0.3 is 5.32 Å². The molecule has 2 aromatic rings. The van der Waals surface area contributed by atoms with Crippen molar-refractivity contribution in [2.45, 2.75) is 33.7 Å². The molecule has 1 N–H and O–H groups in total. The Labute approximate surface area is 117 Å². The molecule has 1 heterocycles. The number of amides is 1. The minimum Gasteiger partial charge on any atom is -0.345 e. The molecule has 1 unspecified atom stereocenters. The van der Waals surface area contributed by atoms with Crippen molar-refractivity contribution >= 4 is 17.2 Å². The Hall–Kier alpha value is -1.68. The van der Waals surface area contributed by atoms with Gasteiger partial charge in [-0.15, -0.1) is 11.3 Å². The number of rotatable bonds is 3. The van der Waals surface area contributed by atoms with E-state index in [1.54, 1.807) is 11.3 Å². The van der Waals surface area contributed by atoms with Gasteiger partial charge in [-0.1, -0.05) is 17.7 Å². The van der Waals surface area contributed by atoms with Gasteiger partial charge in [0.05, 0.1) is 16.7 Å². The fraction of sp³-hybridized carbons (Fsp3) is 0.333. The van der Waals surface area contributed by atoms with E-state index in [4.69, 9.17) is 0 Å². The minimum atomic E-state index is -0.0401. The molecule has 2 rings (SSSR count). The molecule has 3 nitrogen and oxygen atoms in total. The molecule has 0 fully saturated rings. The molecular weight excluding hydrogens is 256 g/mol. The van der Waals surface area contributed by atoms with Gasteiger partial charge in [0.2, 0.25) is 0 Å². The maximum absolute atomic E-state index is 12.2. The zero-order valence-corrected chi connectivity index (χ0v) is 12.5. The first-order valence-corrected chi connectivity index (χ1v) is 7.10. The average Bonchev–Trinajstić information content (AvgIpc) is 2.68. The van der Waals surface area contributed by atoms with Gasteiger partial charge in [0, 0.05) is 10.4 Å². The molecule has 19 heavy (non-hydrogen) atoms. The lowest BCUT2D eigenvalue weighted by Gasteiger charge is -2.13. The average molecular weight is 274 g/mol. The minimum absolute atomic E-state index is 0.0146. The smallest absolute Gasteiger partial charge is 0.251 e. The molecule has 1 amide bonds. The molecule has 0 aliphatic carbocycles. The second-order valence-electron chi connectivity index (χ2n) is 4.75. The number of nitrogens with one attached hydrogen (secondary N) is 1. The van der Waals surface area contributed by atoms with E-state index in [-0.39, 0.29) is 11.9 Å². The molecule has 0 radical (unpaired) electrons. The van der Waals surface area contributed by atoms with Crippen molar-refractivity contribution in [3.8, 4) is 0 Å². The third kappa shape index (κ3) is 3.20. The number of hydrogen-bond donors (Lipinski definition) is 1. The molecule has 0 bridgehead atoms. The number of hydrogen-bond acceptors (Lipinski definition) is 3. The molecule has 4 heteroatoms. The van der Waals surface area contributed by atoms with E-state index in [0.717, 1.165) is 21.1 Å². The summed E-state index contributed by atoms with van der Waals surface area (Å²) < 4.78 is 0. The maximum atomic E-state index is 12.2.